The van der Waals surface area contributed by atoms with Gasteiger partial charge in [-0.15, -0.1) is 0 Å². The molecule has 4 bridgehead atoms. The Kier molecular flexibility index (Phi) is 3.31. The predicted molar refractivity (Wildman–Crippen MR) is 96.1 cm³/mol. The molecular weight excluding hydrogens is 346 g/mol. The van der Waals surface area contributed by atoms with Gasteiger partial charge in [0.1, 0.15) is 12.2 Å². The number of carbonyl (C=O) groups is 1. The molecular formula is C19H25N5O3. The first kappa shape index (κ1) is 16.8. The van der Waals surface area contributed by atoms with Gasteiger partial charge in [-0.3, -0.25) is 19.0 Å². The molecule has 2 unspecified atom stereocenters. The van der Waals surface area contributed by atoms with Gasteiger partial charge < -0.3 is 5.32 Å². The third kappa shape index (κ3) is 2.91. The fourth-order valence-electron chi connectivity index (χ4n) is 6.94. The van der Waals surface area contributed by atoms with E-state index in [0.29, 0.717) is 22.3 Å². The molecule has 0 radical (unpaired) electrons. The quantitative estimate of drug-likeness (QED) is 0.856. The third-order valence-electron chi connectivity index (χ3n) is 6.68. The molecule has 27 heavy (non-hydrogen) atoms. The van der Waals surface area contributed by atoms with Crippen LogP contribution in [0.2, 0.25) is 0 Å². The molecule has 4 aliphatic carbocycles. The molecule has 6 rings (SSSR count). The first-order valence-electron chi connectivity index (χ1n) is 9.65. The second kappa shape index (κ2) is 5.33. The van der Waals surface area contributed by atoms with E-state index in [2.05, 4.69) is 38.9 Å². The van der Waals surface area contributed by atoms with Crippen LogP contribution in [-0.2, 0) is 6.54 Å². The van der Waals surface area contributed by atoms with Crippen molar-refractivity contribution in [3.05, 3.63) is 34.3 Å². The number of aromatic amines is 1. The second-order valence-corrected chi connectivity index (χ2v) is 9.80. The lowest BCUT2D eigenvalue weighted by molar-refractivity contribution is -0.114. The van der Waals surface area contributed by atoms with E-state index in [4.69, 9.17) is 0 Å². The van der Waals surface area contributed by atoms with Gasteiger partial charge in [0.2, 0.25) is 0 Å². The smallest absolute Gasteiger partial charge is 0.345 e. The van der Waals surface area contributed by atoms with E-state index in [1.165, 1.54) is 19.3 Å². The fraction of sp³-hybridized carbons (Fsp3) is 0.684. The first-order valence-corrected chi connectivity index (χ1v) is 9.65. The van der Waals surface area contributed by atoms with Crippen LogP contribution in [0.5, 0.6) is 0 Å². The van der Waals surface area contributed by atoms with Gasteiger partial charge in [-0.2, -0.15) is 5.10 Å². The summed E-state index contributed by atoms with van der Waals surface area (Å²) in [4.78, 5) is 26.4. The number of H-pyrrole nitrogens is 1. The Morgan fingerprint density at radius 2 is 2.04 bits per heavy atom. The molecule has 0 aromatic carbocycles. The lowest BCUT2D eigenvalue weighted by atomic mass is 9.43. The summed E-state index contributed by atoms with van der Waals surface area (Å²) in [7, 11) is 0. The van der Waals surface area contributed by atoms with Crippen molar-refractivity contribution in [2.75, 3.05) is 0 Å². The molecule has 2 aromatic heterocycles. The number of amides is 1. The van der Waals surface area contributed by atoms with Crippen molar-refractivity contribution in [1.29, 1.82) is 0 Å². The van der Waals surface area contributed by atoms with Crippen LogP contribution in [-0.4, -0.2) is 31.4 Å². The standard InChI is InChI=1S/C19H25N5O3/c1-17-5-12-6-18(2,9-17)11-19(7-12,10-17)21-15(25)13-3-4-24(22-13)8-14-20-16(26)27-23-14/h3-4,12H,5-11H2,1-2H3,(H,21,25)(H,20,23,26). The minimum absolute atomic E-state index is 0.0961. The van der Waals surface area contributed by atoms with Gasteiger partial charge in [0.25, 0.3) is 5.91 Å². The largest absolute Gasteiger partial charge is 0.438 e. The summed E-state index contributed by atoms with van der Waals surface area (Å²) in [6.07, 6.45) is 8.81. The maximum atomic E-state index is 12.9. The van der Waals surface area contributed by atoms with Gasteiger partial charge in [0.05, 0.1) is 0 Å². The van der Waals surface area contributed by atoms with E-state index in [-0.39, 0.29) is 18.0 Å². The summed E-state index contributed by atoms with van der Waals surface area (Å²) in [5, 5.41) is 11.3. The van der Waals surface area contributed by atoms with E-state index >= 15 is 0 Å². The first-order chi connectivity index (χ1) is 12.7. The molecule has 8 nitrogen and oxygen atoms in total. The fourth-order valence-corrected chi connectivity index (χ4v) is 6.94. The van der Waals surface area contributed by atoms with Crippen molar-refractivity contribution in [2.45, 2.75) is 64.5 Å². The van der Waals surface area contributed by atoms with Crippen molar-refractivity contribution in [1.82, 2.24) is 25.2 Å². The van der Waals surface area contributed by atoms with Crippen LogP contribution in [0.3, 0.4) is 0 Å². The number of carbonyl (C=O) groups excluding carboxylic acids is 1. The van der Waals surface area contributed by atoms with Gasteiger partial charge in [-0.1, -0.05) is 19.0 Å². The van der Waals surface area contributed by atoms with Crippen molar-refractivity contribution < 1.29 is 9.32 Å². The van der Waals surface area contributed by atoms with E-state index < -0.39 is 5.76 Å². The molecule has 4 fully saturated rings. The Morgan fingerprint density at radius 3 is 2.67 bits per heavy atom. The summed E-state index contributed by atoms with van der Waals surface area (Å²) in [6.45, 7) is 5.04. The van der Waals surface area contributed by atoms with Crippen LogP contribution in [0.15, 0.2) is 21.6 Å². The minimum Gasteiger partial charge on any atom is -0.345 e. The average molecular weight is 371 g/mol. The van der Waals surface area contributed by atoms with Gasteiger partial charge in [0, 0.05) is 11.7 Å². The van der Waals surface area contributed by atoms with Crippen molar-refractivity contribution >= 4 is 5.91 Å². The number of aromatic nitrogens is 4. The van der Waals surface area contributed by atoms with E-state index in [1.54, 1.807) is 16.9 Å². The molecule has 4 aliphatic rings. The summed E-state index contributed by atoms with van der Waals surface area (Å²) in [5.41, 5.74) is 0.993. The molecule has 2 atom stereocenters. The van der Waals surface area contributed by atoms with Crippen LogP contribution < -0.4 is 11.1 Å². The summed E-state index contributed by atoms with van der Waals surface area (Å²) in [5.74, 6) is 0.380. The van der Waals surface area contributed by atoms with Crippen LogP contribution in [0.25, 0.3) is 0 Å². The molecule has 2 aromatic rings. The van der Waals surface area contributed by atoms with Crippen LogP contribution in [0.4, 0.5) is 0 Å². The molecule has 2 heterocycles. The number of hydrogen-bond acceptors (Lipinski definition) is 5. The maximum absolute atomic E-state index is 12.9. The zero-order valence-electron chi connectivity index (χ0n) is 15.7. The molecule has 2 N–H and O–H groups in total. The number of hydrogen-bond donors (Lipinski definition) is 2. The van der Waals surface area contributed by atoms with Crippen molar-refractivity contribution in [3.63, 3.8) is 0 Å². The number of nitrogens with zero attached hydrogens (tertiary/aromatic N) is 3. The molecule has 1 amide bonds. The van der Waals surface area contributed by atoms with Crippen LogP contribution in [0, 0.1) is 16.7 Å². The SMILES string of the molecule is CC12CC3CC(C)(C1)CC(NC(=O)c1ccn(Cc4noc(=O)[nH]4)n1)(C3)C2. The second-order valence-electron chi connectivity index (χ2n) is 9.80. The van der Waals surface area contributed by atoms with E-state index in [1.807, 2.05) is 0 Å². The molecule has 8 heteroatoms. The van der Waals surface area contributed by atoms with Crippen LogP contribution >= 0.6 is 0 Å². The molecule has 4 saturated carbocycles. The van der Waals surface area contributed by atoms with Crippen molar-refractivity contribution in [2.24, 2.45) is 16.7 Å². The monoisotopic (exact) mass is 371 g/mol. The third-order valence-corrected chi connectivity index (χ3v) is 6.68. The van der Waals surface area contributed by atoms with Gasteiger partial charge >= 0.3 is 5.76 Å². The molecule has 144 valence electrons. The number of rotatable bonds is 4. The average Bonchev–Trinajstić information content (AvgIpc) is 3.12. The Hall–Kier alpha value is -2.38. The van der Waals surface area contributed by atoms with Gasteiger partial charge in [0.15, 0.2) is 5.82 Å². The zero-order chi connectivity index (χ0) is 18.9. The highest BCUT2D eigenvalue weighted by atomic mass is 16.5. The Labute approximate surface area is 156 Å². The summed E-state index contributed by atoms with van der Waals surface area (Å²) >= 11 is 0. The highest BCUT2D eigenvalue weighted by Gasteiger charge is 2.60. The van der Waals surface area contributed by atoms with Crippen molar-refractivity contribution in [3.8, 4) is 0 Å². The van der Waals surface area contributed by atoms with Gasteiger partial charge in [-0.05, 0) is 61.3 Å². The zero-order valence-corrected chi connectivity index (χ0v) is 15.7. The molecule has 0 saturated heterocycles. The number of nitrogens with one attached hydrogen (secondary N) is 2. The highest BCUT2D eigenvalue weighted by Crippen LogP contribution is 2.66. The Bertz CT molecular complexity index is 938. The highest BCUT2D eigenvalue weighted by molar-refractivity contribution is 5.92. The topological polar surface area (TPSA) is 106 Å². The molecule has 0 spiro atoms. The minimum atomic E-state index is -0.598. The lowest BCUT2D eigenvalue weighted by Crippen LogP contribution is -2.65. The Morgan fingerprint density at radius 1 is 1.30 bits per heavy atom. The van der Waals surface area contributed by atoms with E-state index in [0.717, 1.165) is 25.2 Å². The lowest BCUT2D eigenvalue weighted by Gasteiger charge is -2.65. The van der Waals surface area contributed by atoms with Gasteiger partial charge in [-0.25, -0.2) is 4.79 Å². The molecule has 0 aliphatic heterocycles. The normalized spacial score (nSPS) is 36.9. The van der Waals surface area contributed by atoms with E-state index in [9.17, 15) is 9.59 Å². The summed E-state index contributed by atoms with van der Waals surface area (Å²) < 4.78 is 6.06. The van der Waals surface area contributed by atoms with Crippen LogP contribution in [0.1, 0.15) is 68.7 Å². The maximum Gasteiger partial charge on any atom is 0.438 e. The Balaban J connectivity index is 1.33. The summed E-state index contributed by atoms with van der Waals surface area (Å²) in [6, 6.07) is 1.71. The predicted octanol–water partition coefficient (Wildman–Crippen LogP) is 2.09.